The third-order valence-corrected chi connectivity index (χ3v) is 4.52. The molecule has 0 saturated carbocycles. The van der Waals surface area contributed by atoms with E-state index < -0.39 is 10.1 Å². The molecule has 0 radical (unpaired) electrons. The maximum Gasteiger partial charge on any atom is 0.177 e. The molecule has 2 rings (SSSR count). The Labute approximate surface area is 149 Å². The van der Waals surface area contributed by atoms with Crippen molar-refractivity contribution in [2.75, 3.05) is 17.8 Å². The van der Waals surface area contributed by atoms with Crippen LogP contribution >= 0.6 is 0 Å². The minimum atomic E-state index is -4.12. The fraction of sp³-hybridized carbons (Fsp3) is 0.333. The highest BCUT2D eigenvalue weighted by atomic mass is 32.2. The Balaban J connectivity index is 1.92. The van der Waals surface area contributed by atoms with Crippen molar-refractivity contribution in [2.45, 2.75) is 26.3 Å². The third-order valence-electron chi connectivity index (χ3n) is 3.73. The molecule has 0 aliphatic heterocycles. The van der Waals surface area contributed by atoms with Gasteiger partial charge in [0.05, 0.1) is 27.6 Å². The lowest BCUT2D eigenvalue weighted by Gasteiger charge is -2.12. The van der Waals surface area contributed by atoms with Crippen LogP contribution in [0.15, 0.2) is 53.9 Å². The SMILES string of the molecule is Cc1ccc(N(C)/N=C/c2ccc[n+](CCCCS(=O)(=O)[O-])c2)cc1. The molecule has 25 heavy (non-hydrogen) atoms. The first kappa shape index (κ1) is 19.1. The summed E-state index contributed by atoms with van der Waals surface area (Å²) in [5.41, 5.74) is 3.15. The molecular formula is C18H23N3O3S. The second-order valence-electron chi connectivity index (χ2n) is 5.95. The zero-order chi connectivity index (χ0) is 18.3. The van der Waals surface area contributed by atoms with E-state index in [1.807, 2.05) is 67.3 Å². The number of aryl methyl sites for hydroxylation is 2. The molecule has 0 aliphatic carbocycles. The van der Waals surface area contributed by atoms with Crippen molar-refractivity contribution < 1.29 is 17.5 Å². The van der Waals surface area contributed by atoms with Crippen LogP contribution in [0.25, 0.3) is 0 Å². The van der Waals surface area contributed by atoms with Crippen molar-refractivity contribution in [1.29, 1.82) is 0 Å². The van der Waals surface area contributed by atoms with Crippen LogP contribution in [0.1, 0.15) is 24.0 Å². The second kappa shape index (κ2) is 8.73. The van der Waals surface area contributed by atoms with Gasteiger partial charge in [-0.25, -0.2) is 13.0 Å². The predicted octanol–water partition coefficient (Wildman–Crippen LogP) is 2.08. The highest BCUT2D eigenvalue weighted by molar-refractivity contribution is 7.85. The molecule has 0 bridgehead atoms. The van der Waals surface area contributed by atoms with Crippen molar-refractivity contribution in [3.8, 4) is 0 Å². The molecule has 2 aromatic rings. The standard InChI is InChI=1S/C18H23N3O3S/c1-16-7-9-18(10-8-16)20(2)19-14-17-6-5-12-21(15-17)11-3-4-13-25(22,23)24/h5-10,12,14-15H,3-4,11,13H2,1-2H3/b19-14+. The first-order valence-corrected chi connectivity index (χ1v) is 9.68. The molecule has 0 fully saturated rings. The summed E-state index contributed by atoms with van der Waals surface area (Å²) in [7, 11) is -2.23. The van der Waals surface area contributed by atoms with Crippen molar-refractivity contribution >= 4 is 22.0 Å². The van der Waals surface area contributed by atoms with E-state index in [1.54, 1.807) is 11.2 Å². The van der Waals surface area contributed by atoms with Crippen LogP contribution in [0.3, 0.4) is 0 Å². The number of hydrazone groups is 1. The van der Waals surface area contributed by atoms with Gasteiger partial charge in [0.2, 0.25) is 0 Å². The summed E-state index contributed by atoms with van der Waals surface area (Å²) < 4.78 is 33.8. The smallest absolute Gasteiger partial charge is 0.177 e. The van der Waals surface area contributed by atoms with E-state index in [0.29, 0.717) is 19.4 Å². The fourth-order valence-electron chi connectivity index (χ4n) is 2.31. The van der Waals surface area contributed by atoms with Crippen LogP contribution in [0.5, 0.6) is 0 Å². The number of rotatable bonds is 8. The van der Waals surface area contributed by atoms with Crippen molar-refractivity contribution in [3.63, 3.8) is 0 Å². The topological polar surface area (TPSA) is 76.7 Å². The number of hydrogen-bond acceptors (Lipinski definition) is 5. The minimum Gasteiger partial charge on any atom is -0.748 e. The Morgan fingerprint density at radius 1 is 1.20 bits per heavy atom. The van der Waals surface area contributed by atoms with Crippen LogP contribution in [0.4, 0.5) is 5.69 Å². The molecule has 0 aliphatic rings. The first-order chi connectivity index (χ1) is 11.8. The lowest BCUT2D eigenvalue weighted by molar-refractivity contribution is -0.697. The molecule has 1 aromatic heterocycles. The Hall–Kier alpha value is -2.25. The van der Waals surface area contributed by atoms with Crippen LogP contribution < -0.4 is 9.58 Å². The molecule has 1 heterocycles. The summed E-state index contributed by atoms with van der Waals surface area (Å²) in [6.45, 7) is 2.70. The summed E-state index contributed by atoms with van der Waals surface area (Å²) in [6, 6.07) is 12.0. The Bertz CT molecular complexity index is 818. The number of anilines is 1. The van der Waals surface area contributed by atoms with Crippen LogP contribution in [-0.4, -0.2) is 32.0 Å². The lowest BCUT2D eigenvalue weighted by Crippen LogP contribution is -2.33. The third kappa shape index (κ3) is 7.03. The highest BCUT2D eigenvalue weighted by Gasteiger charge is 2.03. The number of hydrogen-bond donors (Lipinski definition) is 0. The molecule has 0 spiro atoms. The monoisotopic (exact) mass is 361 g/mol. The van der Waals surface area contributed by atoms with E-state index in [2.05, 4.69) is 5.10 Å². The molecule has 1 aromatic carbocycles. The number of aromatic nitrogens is 1. The number of pyridine rings is 1. The zero-order valence-electron chi connectivity index (χ0n) is 14.5. The van der Waals surface area contributed by atoms with Gasteiger partial charge in [-0.3, -0.25) is 5.01 Å². The van der Waals surface area contributed by atoms with Crippen molar-refractivity contribution in [3.05, 3.63) is 59.9 Å². The van der Waals surface area contributed by atoms with Gasteiger partial charge < -0.3 is 4.55 Å². The average molecular weight is 361 g/mol. The Morgan fingerprint density at radius 2 is 1.92 bits per heavy atom. The lowest BCUT2D eigenvalue weighted by atomic mass is 10.2. The molecule has 7 heteroatoms. The second-order valence-corrected chi connectivity index (χ2v) is 7.47. The van der Waals surface area contributed by atoms with Gasteiger partial charge in [0.25, 0.3) is 0 Å². The summed E-state index contributed by atoms with van der Waals surface area (Å²) in [5, 5.41) is 6.24. The first-order valence-electron chi connectivity index (χ1n) is 8.10. The largest absolute Gasteiger partial charge is 0.748 e. The van der Waals surface area contributed by atoms with Gasteiger partial charge in [-0.1, -0.05) is 17.7 Å². The van der Waals surface area contributed by atoms with E-state index in [0.717, 1.165) is 11.3 Å². The molecule has 0 saturated heterocycles. The summed E-state index contributed by atoms with van der Waals surface area (Å²) in [4.78, 5) is 0. The quantitative estimate of drug-likeness (QED) is 0.237. The summed E-state index contributed by atoms with van der Waals surface area (Å²) in [5.74, 6) is -0.309. The van der Waals surface area contributed by atoms with E-state index in [-0.39, 0.29) is 5.75 Å². The van der Waals surface area contributed by atoms with Gasteiger partial charge >= 0.3 is 0 Å². The number of nitrogens with zero attached hydrogens (tertiary/aromatic N) is 3. The number of benzene rings is 1. The molecular weight excluding hydrogens is 338 g/mol. The minimum absolute atomic E-state index is 0.309. The average Bonchev–Trinajstić information content (AvgIpc) is 2.57. The molecule has 0 N–H and O–H groups in total. The highest BCUT2D eigenvalue weighted by Crippen LogP contribution is 2.13. The maximum absolute atomic E-state index is 10.6. The van der Waals surface area contributed by atoms with Crippen LogP contribution in [0, 0.1) is 6.92 Å². The van der Waals surface area contributed by atoms with Gasteiger partial charge in [-0.15, -0.1) is 0 Å². The predicted molar refractivity (Wildman–Crippen MR) is 97.6 cm³/mol. The van der Waals surface area contributed by atoms with E-state index >= 15 is 0 Å². The van der Waals surface area contributed by atoms with Crippen LogP contribution in [0.2, 0.25) is 0 Å². The molecule has 0 amide bonds. The molecule has 0 unspecified atom stereocenters. The van der Waals surface area contributed by atoms with E-state index in [4.69, 9.17) is 0 Å². The van der Waals surface area contributed by atoms with Gasteiger partial charge in [0.1, 0.15) is 6.54 Å². The molecule has 134 valence electrons. The Kier molecular flexibility index (Phi) is 6.66. The Morgan fingerprint density at radius 3 is 2.60 bits per heavy atom. The van der Waals surface area contributed by atoms with Gasteiger partial charge in [0, 0.05) is 25.3 Å². The molecule has 6 nitrogen and oxygen atoms in total. The number of unbranched alkanes of at least 4 members (excludes halogenated alkanes) is 1. The van der Waals surface area contributed by atoms with Crippen molar-refractivity contribution in [1.82, 2.24) is 0 Å². The summed E-state index contributed by atoms with van der Waals surface area (Å²) in [6.07, 6.45) is 6.63. The van der Waals surface area contributed by atoms with Gasteiger partial charge in [-0.2, -0.15) is 5.10 Å². The molecule has 0 atom stereocenters. The zero-order valence-corrected chi connectivity index (χ0v) is 15.3. The maximum atomic E-state index is 10.6. The summed E-state index contributed by atoms with van der Waals surface area (Å²) >= 11 is 0. The van der Waals surface area contributed by atoms with Crippen LogP contribution in [-0.2, 0) is 16.7 Å². The van der Waals surface area contributed by atoms with Crippen molar-refractivity contribution in [2.24, 2.45) is 5.10 Å². The van der Waals surface area contributed by atoms with Gasteiger partial charge in [0.15, 0.2) is 12.4 Å². The van der Waals surface area contributed by atoms with Gasteiger partial charge in [-0.05, 0) is 31.5 Å². The normalized spacial score (nSPS) is 11.8. The fourth-order valence-corrected chi connectivity index (χ4v) is 2.87. The van der Waals surface area contributed by atoms with E-state index in [9.17, 15) is 13.0 Å². The van der Waals surface area contributed by atoms with E-state index in [1.165, 1.54) is 5.56 Å².